The molecule has 1 aromatic rings. The average Bonchev–Trinajstić information content (AvgIpc) is 2.70. The highest BCUT2D eigenvalue weighted by molar-refractivity contribution is 5.84. The largest absolute Gasteiger partial charge is 0.493 e. The molecule has 2 heterocycles. The molecule has 0 unspecified atom stereocenters. The molecule has 2 aliphatic heterocycles. The van der Waals surface area contributed by atoms with Crippen molar-refractivity contribution >= 4 is 11.8 Å². The van der Waals surface area contributed by atoms with Gasteiger partial charge in [0.2, 0.25) is 11.8 Å². The van der Waals surface area contributed by atoms with Crippen LogP contribution in [-0.2, 0) is 22.6 Å². The minimum Gasteiger partial charge on any atom is -0.493 e. The Morgan fingerprint density at radius 1 is 1.04 bits per heavy atom. The third-order valence-corrected chi connectivity index (χ3v) is 5.34. The van der Waals surface area contributed by atoms with E-state index in [1.54, 1.807) is 14.2 Å². The summed E-state index contributed by atoms with van der Waals surface area (Å²) in [5.41, 5.74) is 2.26. The zero-order chi connectivity index (χ0) is 19.4. The summed E-state index contributed by atoms with van der Waals surface area (Å²) in [5.74, 6) is 1.49. The molecular weight excluding hydrogens is 346 g/mol. The van der Waals surface area contributed by atoms with Gasteiger partial charge in [0.15, 0.2) is 11.5 Å². The molecular formula is C20H29N3O4. The maximum Gasteiger partial charge on any atom is 0.223 e. The first-order chi connectivity index (χ1) is 13.0. The van der Waals surface area contributed by atoms with Gasteiger partial charge < -0.3 is 24.6 Å². The molecule has 0 radical (unpaired) electrons. The van der Waals surface area contributed by atoms with Gasteiger partial charge in [0.05, 0.1) is 14.2 Å². The number of ether oxygens (including phenoxy) is 2. The van der Waals surface area contributed by atoms with Crippen LogP contribution in [0, 0.1) is 0 Å². The van der Waals surface area contributed by atoms with Crippen molar-refractivity contribution in [2.24, 2.45) is 0 Å². The van der Waals surface area contributed by atoms with E-state index < -0.39 is 0 Å². The maximum atomic E-state index is 12.6. The van der Waals surface area contributed by atoms with Crippen LogP contribution >= 0.6 is 0 Å². The predicted octanol–water partition coefficient (Wildman–Crippen LogP) is 1.19. The van der Waals surface area contributed by atoms with E-state index >= 15 is 0 Å². The SMILES string of the molecule is COc1cc2c(cc1OC)CN(C(=O)CCC(=O)N1CCN[C@H](C)C1)CC2. The number of carbonyl (C=O) groups is 2. The van der Waals surface area contributed by atoms with Gasteiger partial charge in [-0.1, -0.05) is 0 Å². The van der Waals surface area contributed by atoms with Crippen molar-refractivity contribution in [3.8, 4) is 11.5 Å². The van der Waals surface area contributed by atoms with Gasteiger partial charge in [-0.15, -0.1) is 0 Å². The lowest BCUT2D eigenvalue weighted by molar-refractivity contribution is -0.138. The van der Waals surface area contributed by atoms with E-state index in [0.29, 0.717) is 37.2 Å². The quantitative estimate of drug-likeness (QED) is 0.837. The van der Waals surface area contributed by atoms with E-state index in [2.05, 4.69) is 12.2 Å². The molecule has 1 N–H and O–H groups in total. The van der Waals surface area contributed by atoms with Crippen LogP contribution < -0.4 is 14.8 Å². The molecule has 1 saturated heterocycles. The van der Waals surface area contributed by atoms with E-state index in [4.69, 9.17) is 9.47 Å². The highest BCUT2D eigenvalue weighted by Crippen LogP contribution is 2.33. The van der Waals surface area contributed by atoms with Gasteiger partial charge in [-0.3, -0.25) is 9.59 Å². The van der Waals surface area contributed by atoms with E-state index in [0.717, 1.165) is 25.1 Å². The van der Waals surface area contributed by atoms with Crippen molar-refractivity contribution in [1.82, 2.24) is 15.1 Å². The van der Waals surface area contributed by atoms with Crippen LogP contribution in [-0.4, -0.2) is 68.1 Å². The highest BCUT2D eigenvalue weighted by Gasteiger charge is 2.25. The second kappa shape index (κ2) is 8.61. The van der Waals surface area contributed by atoms with Gasteiger partial charge in [-0.2, -0.15) is 0 Å². The summed E-state index contributed by atoms with van der Waals surface area (Å²) in [7, 11) is 3.23. The second-order valence-electron chi connectivity index (χ2n) is 7.24. The van der Waals surface area contributed by atoms with Crippen LogP contribution in [0.25, 0.3) is 0 Å². The molecule has 0 aliphatic carbocycles. The van der Waals surface area contributed by atoms with Crippen molar-refractivity contribution in [3.63, 3.8) is 0 Å². The number of hydrogen-bond donors (Lipinski definition) is 1. The molecule has 2 amide bonds. The highest BCUT2D eigenvalue weighted by atomic mass is 16.5. The number of benzene rings is 1. The molecule has 0 bridgehead atoms. The van der Waals surface area contributed by atoms with Crippen LogP contribution in [0.5, 0.6) is 11.5 Å². The molecule has 2 aliphatic rings. The third kappa shape index (κ3) is 4.53. The minimum atomic E-state index is 0.0342. The van der Waals surface area contributed by atoms with Gasteiger partial charge in [0, 0.05) is 51.6 Å². The number of methoxy groups -OCH3 is 2. The summed E-state index contributed by atoms with van der Waals surface area (Å²) in [6.07, 6.45) is 1.32. The molecule has 0 saturated carbocycles. The zero-order valence-corrected chi connectivity index (χ0v) is 16.4. The van der Waals surface area contributed by atoms with E-state index in [1.807, 2.05) is 21.9 Å². The van der Waals surface area contributed by atoms with Gasteiger partial charge in [-0.25, -0.2) is 0 Å². The average molecular weight is 375 g/mol. The molecule has 7 nitrogen and oxygen atoms in total. The lowest BCUT2D eigenvalue weighted by atomic mass is 9.98. The monoisotopic (exact) mass is 375 g/mol. The number of fused-ring (bicyclic) bond motifs is 1. The summed E-state index contributed by atoms with van der Waals surface area (Å²) in [4.78, 5) is 28.7. The number of rotatable bonds is 5. The fraction of sp³-hybridized carbons (Fsp3) is 0.600. The lowest BCUT2D eigenvalue weighted by Gasteiger charge is -2.32. The van der Waals surface area contributed by atoms with Gasteiger partial charge in [0.1, 0.15) is 0 Å². The molecule has 3 rings (SSSR count). The second-order valence-corrected chi connectivity index (χ2v) is 7.24. The van der Waals surface area contributed by atoms with Crippen LogP contribution in [0.3, 0.4) is 0 Å². The number of piperazine rings is 1. The van der Waals surface area contributed by atoms with Crippen molar-refractivity contribution in [1.29, 1.82) is 0 Å². The minimum absolute atomic E-state index is 0.0342. The Morgan fingerprint density at radius 3 is 2.30 bits per heavy atom. The molecule has 0 aromatic heterocycles. The summed E-state index contributed by atoms with van der Waals surface area (Å²) >= 11 is 0. The summed E-state index contributed by atoms with van der Waals surface area (Å²) in [6, 6.07) is 4.25. The molecule has 1 fully saturated rings. The molecule has 7 heteroatoms. The standard InChI is InChI=1S/C20H29N3O4/c1-14-12-23(9-7-21-14)20(25)5-4-19(24)22-8-6-15-10-17(26-2)18(27-3)11-16(15)13-22/h10-11,14,21H,4-9,12-13H2,1-3H3/t14-/m1/s1. The van der Waals surface area contributed by atoms with Gasteiger partial charge in [0.25, 0.3) is 0 Å². The third-order valence-electron chi connectivity index (χ3n) is 5.34. The fourth-order valence-corrected chi connectivity index (χ4v) is 3.78. The number of carbonyl (C=O) groups excluding carboxylic acids is 2. The summed E-state index contributed by atoms with van der Waals surface area (Å²) in [5, 5.41) is 3.32. The van der Waals surface area contributed by atoms with Gasteiger partial charge >= 0.3 is 0 Å². The first-order valence-electron chi connectivity index (χ1n) is 9.54. The Balaban J connectivity index is 1.56. The predicted molar refractivity (Wildman–Crippen MR) is 102 cm³/mol. The Kier molecular flexibility index (Phi) is 6.21. The van der Waals surface area contributed by atoms with Crippen LogP contribution in [0.2, 0.25) is 0 Å². The fourth-order valence-electron chi connectivity index (χ4n) is 3.78. The Morgan fingerprint density at radius 2 is 1.67 bits per heavy atom. The first-order valence-corrected chi connectivity index (χ1v) is 9.54. The topological polar surface area (TPSA) is 71.1 Å². The molecule has 148 valence electrons. The molecule has 1 aromatic carbocycles. The van der Waals surface area contributed by atoms with Crippen LogP contribution in [0.1, 0.15) is 30.9 Å². The van der Waals surface area contributed by atoms with Crippen molar-refractivity contribution in [2.45, 2.75) is 38.8 Å². The van der Waals surface area contributed by atoms with Crippen LogP contribution in [0.15, 0.2) is 12.1 Å². The molecule has 0 spiro atoms. The smallest absolute Gasteiger partial charge is 0.223 e. The van der Waals surface area contributed by atoms with E-state index in [9.17, 15) is 9.59 Å². The van der Waals surface area contributed by atoms with E-state index in [-0.39, 0.29) is 24.7 Å². The maximum absolute atomic E-state index is 12.6. The van der Waals surface area contributed by atoms with Gasteiger partial charge in [-0.05, 0) is 36.6 Å². The number of nitrogens with zero attached hydrogens (tertiary/aromatic N) is 2. The molecule has 1 atom stereocenters. The Hall–Kier alpha value is -2.28. The Bertz CT molecular complexity index is 707. The lowest BCUT2D eigenvalue weighted by Crippen LogP contribution is -2.51. The van der Waals surface area contributed by atoms with Crippen molar-refractivity contribution in [3.05, 3.63) is 23.3 Å². The normalized spacial score (nSPS) is 19.4. The zero-order valence-electron chi connectivity index (χ0n) is 16.4. The number of hydrogen-bond acceptors (Lipinski definition) is 5. The first kappa shape index (κ1) is 19.5. The number of nitrogens with one attached hydrogen (secondary N) is 1. The number of amides is 2. The van der Waals surface area contributed by atoms with E-state index in [1.165, 1.54) is 5.56 Å². The molecule has 27 heavy (non-hydrogen) atoms. The van der Waals surface area contributed by atoms with Crippen molar-refractivity contribution < 1.29 is 19.1 Å². The van der Waals surface area contributed by atoms with Crippen molar-refractivity contribution in [2.75, 3.05) is 40.4 Å². The Labute approximate surface area is 160 Å². The van der Waals surface area contributed by atoms with Crippen LogP contribution in [0.4, 0.5) is 0 Å². The summed E-state index contributed by atoms with van der Waals surface area (Å²) < 4.78 is 10.7. The summed E-state index contributed by atoms with van der Waals surface area (Å²) in [6.45, 7) is 5.53.